The van der Waals surface area contributed by atoms with Crippen molar-refractivity contribution in [2.75, 3.05) is 7.11 Å². The first kappa shape index (κ1) is 14.1. The van der Waals surface area contributed by atoms with Crippen LogP contribution < -0.4 is 10.1 Å². The fraction of sp³-hybridized carbons (Fsp3) is 0.214. The van der Waals surface area contributed by atoms with Crippen molar-refractivity contribution in [3.63, 3.8) is 0 Å². The van der Waals surface area contributed by atoms with Gasteiger partial charge in [0.2, 0.25) is 0 Å². The molecule has 0 amide bonds. The predicted octanol–water partition coefficient (Wildman–Crippen LogP) is 3.68. The standard InChI is InChI=1S/C14H13BrN2OS/c1-18-14-3-2-10(4-11(14)6-16)7-17-8-13-5-12(15)9-19-13/h2-5,9,17H,7-8H2,1H3. The third kappa shape index (κ3) is 3.80. The maximum atomic E-state index is 9.03. The number of nitrogens with one attached hydrogen (secondary N) is 1. The van der Waals surface area contributed by atoms with Crippen LogP contribution in [0.2, 0.25) is 0 Å². The summed E-state index contributed by atoms with van der Waals surface area (Å²) in [4.78, 5) is 1.28. The summed E-state index contributed by atoms with van der Waals surface area (Å²) < 4.78 is 6.24. The first-order chi connectivity index (χ1) is 9.22. The SMILES string of the molecule is COc1ccc(CNCc2cc(Br)cs2)cc1C#N. The average molecular weight is 337 g/mol. The van der Waals surface area contributed by atoms with E-state index in [-0.39, 0.29) is 0 Å². The van der Waals surface area contributed by atoms with Crippen molar-refractivity contribution in [2.45, 2.75) is 13.1 Å². The Labute approximate surface area is 125 Å². The quantitative estimate of drug-likeness (QED) is 0.905. The number of halogens is 1. The zero-order valence-electron chi connectivity index (χ0n) is 10.4. The minimum absolute atomic E-state index is 0.570. The summed E-state index contributed by atoms with van der Waals surface area (Å²) in [6.07, 6.45) is 0. The highest BCUT2D eigenvalue weighted by molar-refractivity contribution is 9.10. The molecule has 98 valence electrons. The Hall–Kier alpha value is -1.35. The third-order valence-electron chi connectivity index (χ3n) is 2.63. The van der Waals surface area contributed by atoms with Gasteiger partial charge in [0.25, 0.3) is 0 Å². The molecule has 2 rings (SSSR count). The summed E-state index contributed by atoms with van der Waals surface area (Å²) in [6, 6.07) is 9.90. The lowest BCUT2D eigenvalue weighted by Crippen LogP contribution is -2.11. The molecule has 0 aliphatic carbocycles. The molecule has 0 atom stereocenters. The van der Waals surface area contributed by atoms with Crippen molar-refractivity contribution in [1.82, 2.24) is 5.32 Å². The number of hydrogen-bond donors (Lipinski definition) is 1. The van der Waals surface area contributed by atoms with E-state index in [9.17, 15) is 0 Å². The van der Waals surface area contributed by atoms with Crippen LogP contribution in [0, 0.1) is 11.3 Å². The molecule has 1 aromatic carbocycles. The molecule has 1 N–H and O–H groups in total. The topological polar surface area (TPSA) is 45.0 Å². The highest BCUT2D eigenvalue weighted by atomic mass is 79.9. The second kappa shape index (κ2) is 6.71. The highest BCUT2D eigenvalue weighted by Crippen LogP contribution is 2.20. The molecule has 1 heterocycles. The van der Waals surface area contributed by atoms with Gasteiger partial charge < -0.3 is 10.1 Å². The van der Waals surface area contributed by atoms with E-state index in [1.54, 1.807) is 18.4 Å². The zero-order chi connectivity index (χ0) is 13.7. The highest BCUT2D eigenvalue weighted by Gasteiger charge is 2.03. The molecule has 0 bridgehead atoms. The molecule has 0 aliphatic heterocycles. The van der Waals surface area contributed by atoms with Gasteiger partial charge in [-0.3, -0.25) is 0 Å². The summed E-state index contributed by atoms with van der Waals surface area (Å²) >= 11 is 5.15. The molecule has 19 heavy (non-hydrogen) atoms. The van der Waals surface area contributed by atoms with Crippen LogP contribution in [0.25, 0.3) is 0 Å². The Morgan fingerprint density at radius 2 is 2.21 bits per heavy atom. The summed E-state index contributed by atoms with van der Waals surface area (Å²) in [5.41, 5.74) is 1.65. The van der Waals surface area contributed by atoms with E-state index in [4.69, 9.17) is 10.00 Å². The molecule has 1 aromatic heterocycles. The lowest BCUT2D eigenvalue weighted by Gasteiger charge is -2.07. The molecule has 5 heteroatoms. The van der Waals surface area contributed by atoms with Crippen molar-refractivity contribution in [3.8, 4) is 11.8 Å². The van der Waals surface area contributed by atoms with Crippen molar-refractivity contribution in [2.24, 2.45) is 0 Å². The van der Waals surface area contributed by atoms with E-state index < -0.39 is 0 Å². The Kier molecular flexibility index (Phi) is 4.97. The van der Waals surface area contributed by atoms with Gasteiger partial charge in [-0.25, -0.2) is 0 Å². The Morgan fingerprint density at radius 1 is 1.37 bits per heavy atom. The summed E-state index contributed by atoms with van der Waals surface area (Å²) in [6.45, 7) is 1.55. The van der Waals surface area contributed by atoms with Gasteiger partial charge in [0.15, 0.2) is 0 Å². The molecular formula is C14H13BrN2OS. The molecule has 0 saturated carbocycles. The van der Waals surface area contributed by atoms with Crippen LogP contribution in [0.15, 0.2) is 34.1 Å². The number of benzene rings is 1. The van der Waals surface area contributed by atoms with E-state index in [1.165, 1.54) is 4.88 Å². The van der Waals surface area contributed by atoms with Crippen LogP contribution in [0.5, 0.6) is 5.75 Å². The van der Waals surface area contributed by atoms with Crippen LogP contribution >= 0.6 is 27.3 Å². The molecule has 0 unspecified atom stereocenters. The normalized spacial score (nSPS) is 10.2. The average Bonchev–Trinajstić information content (AvgIpc) is 2.84. The lowest BCUT2D eigenvalue weighted by molar-refractivity contribution is 0.413. The summed E-state index contributed by atoms with van der Waals surface area (Å²) in [5.74, 6) is 0.619. The molecule has 3 nitrogen and oxygen atoms in total. The van der Waals surface area contributed by atoms with Crippen LogP contribution in [0.4, 0.5) is 0 Å². The fourth-order valence-corrected chi connectivity index (χ4v) is 3.15. The van der Waals surface area contributed by atoms with Gasteiger partial charge in [-0.15, -0.1) is 11.3 Å². The molecule has 2 aromatic rings. The van der Waals surface area contributed by atoms with Crippen molar-refractivity contribution >= 4 is 27.3 Å². The van der Waals surface area contributed by atoms with Crippen LogP contribution in [0.3, 0.4) is 0 Å². The van der Waals surface area contributed by atoms with Crippen molar-refractivity contribution in [1.29, 1.82) is 5.26 Å². The molecule has 0 spiro atoms. The molecular weight excluding hydrogens is 324 g/mol. The monoisotopic (exact) mass is 336 g/mol. The largest absolute Gasteiger partial charge is 0.495 e. The predicted molar refractivity (Wildman–Crippen MR) is 80.3 cm³/mol. The lowest BCUT2D eigenvalue weighted by atomic mass is 10.1. The maximum Gasteiger partial charge on any atom is 0.136 e. The molecule has 0 fully saturated rings. The number of nitrogens with zero attached hydrogens (tertiary/aromatic N) is 1. The smallest absolute Gasteiger partial charge is 0.136 e. The van der Waals surface area contributed by atoms with E-state index in [2.05, 4.69) is 38.8 Å². The minimum Gasteiger partial charge on any atom is -0.495 e. The van der Waals surface area contributed by atoms with Crippen LogP contribution in [-0.2, 0) is 13.1 Å². The Balaban J connectivity index is 1.95. The van der Waals surface area contributed by atoms with E-state index in [1.807, 2.05) is 18.2 Å². The zero-order valence-corrected chi connectivity index (χ0v) is 12.8. The Morgan fingerprint density at radius 3 is 2.84 bits per heavy atom. The number of nitriles is 1. The van der Waals surface area contributed by atoms with E-state index >= 15 is 0 Å². The molecule has 0 saturated heterocycles. The maximum absolute atomic E-state index is 9.03. The van der Waals surface area contributed by atoms with E-state index in [0.717, 1.165) is 23.1 Å². The molecule has 0 aliphatic rings. The summed E-state index contributed by atoms with van der Waals surface area (Å²) in [7, 11) is 1.57. The number of hydrogen-bond acceptors (Lipinski definition) is 4. The number of ether oxygens (including phenoxy) is 1. The Bertz CT molecular complexity index is 604. The second-order valence-electron chi connectivity index (χ2n) is 3.98. The van der Waals surface area contributed by atoms with Gasteiger partial charge in [-0.1, -0.05) is 6.07 Å². The second-order valence-corrected chi connectivity index (χ2v) is 5.89. The van der Waals surface area contributed by atoms with E-state index in [0.29, 0.717) is 11.3 Å². The van der Waals surface area contributed by atoms with Gasteiger partial charge >= 0.3 is 0 Å². The third-order valence-corrected chi connectivity index (χ3v) is 4.33. The fourth-order valence-electron chi connectivity index (χ4n) is 1.73. The van der Waals surface area contributed by atoms with Crippen molar-refractivity contribution in [3.05, 3.63) is 50.1 Å². The van der Waals surface area contributed by atoms with Gasteiger partial charge in [-0.2, -0.15) is 5.26 Å². The first-order valence-electron chi connectivity index (χ1n) is 5.73. The van der Waals surface area contributed by atoms with Crippen molar-refractivity contribution < 1.29 is 4.74 Å². The van der Waals surface area contributed by atoms with Crippen LogP contribution in [0.1, 0.15) is 16.0 Å². The van der Waals surface area contributed by atoms with Gasteiger partial charge in [0, 0.05) is 27.8 Å². The first-order valence-corrected chi connectivity index (χ1v) is 7.41. The molecule has 0 radical (unpaired) electrons. The number of methoxy groups -OCH3 is 1. The van der Waals surface area contributed by atoms with Crippen LogP contribution in [-0.4, -0.2) is 7.11 Å². The summed E-state index contributed by atoms with van der Waals surface area (Å²) in [5, 5.41) is 14.5. The van der Waals surface area contributed by atoms with Gasteiger partial charge in [0.05, 0.1) is 12.7 Å². The number of rotatable bonds is 5. The number of thiophene rings is 1. The van der Waals surface area contributed by atoms with Gasteiger partial charge in [0.1, 0.15) is 11.8 Å². The van der Waals surface area contributed by atoms with Gasteiger partial charge in [-0.05, 0) is 39.7 Å². The minimum atomic E-state index is 0.570.